The molecule has 0 saturated carbocycles. The summed E-state index contributed by atoms with van der Waals surface area (Å²) in [7, 11) is 0. The molecule has 1 saturated heterocycles. The molecule has 83 heavy (non-hydrogen) atoms. The van der Waals surface area contributed by atoms with Gasteiger partial charge in [-0.25, -0.2) is 0 Å². The van der Waals surface area contributed by atoms with Gasteiger partial charge in [-0.15, -0.1) is 0 Å². The van der Waals surface area contributed by atoms with Gasteiger partial charge in [-0.05, 0) is 89.9 Å². The van der Waals surface area contributed by atoms with Gasteiger partial charge in [0.1, 0.15) is 24.4 Å². The quantitative estimate of drug-likeness (QED) is 0.0195. The van der Waals surface area contributed by atoms with Crippen molar-refractivity contribution in [2.75, 3.05) is 13.2 Å². The summed E-state index contributed by atoms with van der Waals surface area (Å²) in [6.45, 7) is 5.65. The molecule has 0 bridgehead atoms. The van der Waals surface area contributed by atoms with Crippen molar-refractivity contribution in [3.8, 4) is 0 Å². The van der Waals surface area contributed by atoms with Crippen molar-refractivity contribution in [1.29, 1.82) is 0 Å². The second-order valence-electron chi connectivity index (χ2n) is 23.5. The average Bonchev–Trinajstić information content (AvgIpc) is 3.52. The molecular formula is C72H127NO10. The Labute approximate surface area is 508 Å². The Morgan fingerprint density at radius 2 is 0.867 bits per heavy atom. The first-order chi connectivity index (χ1) is 40.7. The van der Waals surface area contributed by atoms with Crippen molar-refractivity contribution >= 4 is 11.9 Å². The predicted octanol–water partition coefficient (Wildman–Crippen LogP) is 17.3. The van der Waals surface area contributed by atoms with E-state index in [1.807, 2.05) is 18.2 Å². The molecule has 1 fully saturated rings. The van der Waals surface area contributed by atoms with Gasteiger partial charge in [-0.1, -0.05) is 286 Å². The summed E-state index contributed by atoms with van der Waals surface area (Å²) < 4.78 is 17.6. The van der Waals surface area contributed by atoms with Crippen molar-refractivity contribution in [2.45, 2.75) is 346 Å². The normalized spacial score (nSPS) is 19.1. The number of aliphatic hydroxyl groups is 5. The summed E-state index contributed by atoms with van der Waals surface area (Å²) in [6.07, 6.45) is 68.0. The molecule has 0 radical (unpaired) electrons. The zero-order valence-electron chi connectivity index (χ0n) is 53.3. The highest BCUT2D eigenvalue weighted by Gasteiger charge is 2.47. The maximum Gasteiger partial charge on any atom is 0.306 e. The number of unbranched alkanes of at least 4 members (excludes halogenated alkanes) is 32. The Hall–Kier alpha value is -3.16. The third-order valence-corrected chi connectivity index (χ3v) is 15.8. The summed E-state index contributed by atoms with van der Waals surface area (Å²) >= 11 is 0. The standard InChI is InChI=1S/C72H127NO10/c1-4-7-10-13-16-19-22-24-26-28-29-30-31-32-33-34-35-36-37-38-40-42-45-48-51-54-57-60-67(77)83-70-69(79)68(78)66(61-74)82-72(70)81-62-63(64(75)58-55-52-49-46-43-21-18-15-12-9-6-3)73-71(80)65(76)59-56-53-50-47-44-41-39-27-25-23-20-17-14-11-8-5-2/h8,11,17,20,24-27,41,44,50,53,55,58,63-66,68-70,72,74-76,78-79H,4-7,9-10,12-16,18-19,21-23,28-40,42-43,45-49,51-52,54,56-57,59-62H2,1-3H3,(H,73,80)/b11-8-,20-17-,26-24+,27-25-,44-41-,53-50-,58-55+. The minimum Gasteiger partial charge on any atom is -0.454 e. The highest BCUT2D eigenvalue weighted by atomic mass is 16.7. The fraction of sp³-hybridized carbons (Fsp3) is 0.778. The fourth-order valence-electron chi connectivity index (χ4n) is 10.4. The molecule has 11 nitrogen and oxygen atoms in total. The zero-order valence-corrected chi connectivity index (χ0v) is 53.3. The van der Waals surface area contributed by atoms with Gasteiger partial charge in [-0.3, -0.25) is 9.59 Å². The number of carbonyl (C=O) groups excluding carboxylic acids is 2. The van der Waals surface area contributed by atoms with Crippen LogP contribution in [0.4, 0.5) is 0 Å². The van der Waals surface area contributed by atoms with Crippen LogP contribution in [0.5, 0.6) is 0 Å². The van der Waals surface area contributed by atoms with E-state index < -0.39 is 67.4 Å². The molecule has 0 aromatic carbocycles. The molecule has 11 heteroatoms. The first kappa shape index (κ1) is 77.9. The molecule has 8 atom stereocenters. The van der Waals surface area contributed by atoms with E-state index in [1.54, 1.807) is 6.08 Å². The first-order valence-corrected chi connectivity index (χ1v) is 34.4. The second-order valence-corrected chi connectivity index (χ2v) is 23.5. The van der Waals surface area contributed by atoms with Crippen molar-refractivity contribution in [2.24, 2.45) is 0 Å². The molecule has 1 aliphatic heterocycles. The maximum absolute atomic E-state index is 13.4. The lowest BCUT2D eigenvalue weighted by Crippen LogP contribution is -2.61. The first-order valence-electron chi connectivity index (χ1n) is 34.4. The van der Waals surface area contributed by atoms with Crippen LogP contribution in [0.2, 0.25) is 0 Å². The molecule has 1 aliphatic rings. The zero-order chi connectivity index (χ0) is 60.3. The highest BCUT2D eigenvalue weighted by molar-refractivity contribution is 5.80. The number of allylic oxidation sites excluding steroid dienone is 13. The van der Waals surface area contributed by atoms with Crippen LogP contribution in [0.25, 0.3) is 0 Å². The summed E-state index contributed by atoms with van der Waals surface area (Å²) in [6, 6.07) is -1.06. The molecule has 1 amide bonds. The summed E-state index contributed by atoms with van der Waals surface area (Å²) in [5.74, 6) is -1.25. The molecule has 1 rings (SSSR count). The number of aliphatic hydroxyl groups excluding tert-OH is 5. The molecule has 0 spiro atoms. The Kier molecular flexibility index (Phi) is 55.5. The van der Waals surface area contributed by atoms with Gasteiger partial charge in [0.25, 0.3) is 0 Å². The fourth-order valence-corrected chi connectivity index (χ4v) is 10.4. The minimum atomic E-state index is -1.63. The lowest BCUT2D eigenvalue weighted by molar-refractivity contribution is -0.305. The van der Waals surface area contributed by atoms with E-state index in [2.05, 4.69) is 86.8 Å². The molecule has 6 N–H and O–H groups in total. The lowest BCUT2D eigenvalue weighted by atomic mass is 9.99. The maximum atomic E-state index is 13.4. The van der Waals surface area contributed by atoms with E-state index in [9.17, 15) is 35.1 Å². The monoisotopic (exact) mass is 1170 g/mol. The summed E-state index contributed by atoms with van der Waals surface area (Å²) in [4.78, 5) is 26.6. The molecule has 8 unspecified atom stereocenters. The van der Waals surface area contributed by atoms with E-state index >= 15 is 0 Å². The van der Waals surface area contributed by atoms with Crippen LogP contribution in [0.15, 0.2) is 85.1 Å². The van der Waals surface area contributed by atoms with Gasteiger partial charge >= 0.3 is 5.97 Å². The van der Waals surface area contributed by atoms with E-state index in [0.29, 0.717) is 12.8 Å². The molecule has 480 valence electrons. The van der Waals surface area contributed by atoms with Gasteiger partial charge < -0.3 is 45.1 Å². The van der Waals surface area contributed by atoms with Crippen LogP contribution in [-0.2, 0) is 23.8 Å². The van der Waals surface area contributed by atoms with Crippen LogP contribution in [0, 0.1) is 0 Å². The molecule has 0 aromatic heterocycles. The van der Waals surface area contributed by atoms with Gasteiger partial charge in [0, 0.05) is 6.42 Å². The van der Waals surface area contributed by atoms with Crippen LogP contribution < -0.4 is 5.32 Å². The third-order valence-electron chi connectivity index (χ3n) is 15.8. The number of rotatable bonds is 58. The van der Waals surface area contributed by atoms with Gasteiger partial charge in [0.05, 0.1) is 25.4 Å². The van der Waals surface area contributed by atoms with Gasteiger partial charge in [0.2, 0.25) is 5.91 Å². The third kappa shape index (κ3) is 46.7. The SMILES string of the molecule is CC/C=C\C/C=C\C/C=C\C/C=C\C/C=C\CCC(O)C(=O)NC(COC1OC(CO)C(O)C(O)C1OC(=O)CCCCCCCCCCCCCCCCCCC/C=C/CCCCCCCC)C(O)/C=C/CCCCCCCCCCC. The Morgan fingerprint density at radius 1 is 0.482 bits per heavy atom. The van der Waals surface area contributed by atoms with E-state index in [-0.39, 0.29) is 19.4 Å². The lowest BCUT2D eigenvalue weighted by Gasteiger charge is -2.41. The number of nitrogens with one attached hydrogen (secondary N) is 1. The smallest absolute Gasteiger partial charge is 0.306 e. The number of amides is 1. The van der Waals surface area contributed by atoms with E-state index in [1.165, 1.54) is 173 Å². The molecule has 0 aromatic rings. The number of esters is 1. The Morgan fingerprint density at radius 3 is 1.30 bits per heavy atom. The Balaban J connectivity index is 2.56. The van der Waals surface area contributed by atoms with Gasteiger partial charge in [0.15, 0.2) is 12.4 Å². The van der Waals surface area contributed by atoms with Crippen molar-refractivity contribution in [3.63, 3.8) is 0 Å². The van der Waals surface area contributed by atoms with Crippen molar-refractivity contribution in [3.05, 3.63) is 85.1 Å². The predicted molar refractivity (Wildman–Crippen MR) is 347 cm³/mol. The topological polar surface area (TPSA) is 175 Å². The average molecular weight is 1170 g/mol. The number of hydrogen-bond acceptors (Lipinski definition) is 10. The molecule has 1 heterocycles. The number of ether oxygens (including phenoxy) is 3. The number of hydrogen-bond donors (Lipinski definition) is 6. The summed E-state index contributed by atoms with van der Waals surface area (Å²) in [5, 5.41) is 57.0. The van der Waals surface area contributed by atoms with Crippen LogP contribution in [-0.4, -0.2) is 99.6 Å². The van der Waals surface area contributed by atoms with Crippen molar-refractivity contribution < 1.29 is 49.3 Å². The molecular weight excluding hydrogens is 1040 g/mol. The largest absolute Gasteiger partial charge is 0.454 e. The number of carbonyl (C=O) groups is 2. The summed E-state index contributed by atoms with van der Waals surface area (Å²) in [5.41, 5.74) is 0. The van der Waals surface area contributed by atoms with Crippen LogP contribution in [0.3, 0.4) is 0 Å². The van der Waals surface area contributed by atoms with Crippen molar-refractivity contribution in [1.82, 2.24) is 5.32 Å². The van der Waals surface area contributed by atoms with Crippen LogP contribution >= 0.6 is 0 Å². The second kappa shape index (κ2) is 59.2. The minimum absolute atomic E-state index is 0.116. The van der Waals surface area contributed by atoms with Gasteiger partial charge in [-0.2, -0.15) is 0 Å². The van der Waals surface area contributed by atoms with E-state index in [4.69, 9.17) is 14.2 Å². The van der Waals surface area contributed by atoms with E-state index in [0.717, 1.165) is 77.0 Å². The molecule has 0 aliphatic carbocycles. The highest BCUT2D eigenvalue weighted by Crippen LogP contribution is 2.26. The van der Waals surface area contributed by atoms with Crippen LogP contribution in [0.1, 0.15) is 297 Å². The Bertz CT molecular complexity index is 1670.